The lowest BCUT2D eigenvalue weighted by atomic mass is 10.2. The molecule has 2 aromatic heterocycles. The van der Waals surface area contributed by atoms with Gasteiger partial charge in [-0.3, -0.25) is 14.9 Å². The van der Waals surface area contributed by atoms with Crippen LogP contribution in [0.2, 0.25) is 0 Å². The fourth-order valence-electron chi connectivity index (χ4n) is 2.93. The van der Waals surface area contributed by atoms with Crippen molar-refractivity contribution in [2.75, 3.05) is 11.1 Å². The Morgan fingerprint density at radius 3 is 2.87 bits per heavy atom. The molecule has 0 unspecified atom stereocenters. The van der Waals surface area contributed by atoms with Crippen LogP contribution in [0.4, 0.5) is 10.1 Å². The van der Waals surface area contributed by atoms with Crippen LogP contribution in [0.5, 0.6) is 0 Å². The average Bonchev–Trinajstić information content (AvgIpc) is 3.15. The Hall–Kier alpha value is -3.45. The number of fused-ring (bicyclic) bond motifs is 1. The summed E-state index contributed by atoms with van der Waals surface area (Å²) < 4.78 is 13.2. The number of hydrogen-bond acceptors (Lipinski definition) is 4. The van der Waals surface area contributed by atoms with Crippen LogP contribution in [0.1, 0.15) is 17.8 Å². The highest BCUT2D eigenvalue weighted by Crippen LogP contribution is 2.25. The second kappa shape index (κ2) is 9.37. The molecule has 7 heteroatoms. The summed E-state index contributed by atoms with van der Waals surface area (Å²) in [6.07, 6.45) is 5.95. The number of H-pyrrole nitrogens is 1. The van der Waals surface area contributed by atoms with Crippen molar-refractivity contribution in [2.24, 2.45) is 0 Å². The first-order valence-electron chi connectivity index (χ1n) is 9.43. The molecular formula is C23H19FN4OS. The normalized spacial score (nSPS) is 11.2. The predicted octanol–water partition coefficient (Wildman–Crippen LogP) is 5.39. The van der Waals surface area contributed by atoms with Crippen molar-refractivity contribution in [3.05, 3.63) is 84.1 Å². The first-order chi connectivity index (χ1) is 14.7. The maximum atomic E-state index is 13.2. The monoisotopic (exact) mass is 418 g/mol. The van der Waals surface area contributed by atoms with E-state index in [1.807, 2.05) is 48.6 Å². The zero-order valence-corrected chi connectivity index (χ0v) is 16.8. The third-order valence-corrected chi connectivity index (χ3v) is 5.37. The number of nitrogens with zero attached hydrogens (tertiary/aromatic N) is 2. The van der Waals surface area contributed by atoms with Gasteiger partial charge in [0.2, 0.25) is 5.91 Å². The Labute approximate surface area is 177 Å². The number of hydrogen-bond donors (Lipinski definition) is 2. The summed E-state index contributed by atoms with van der Waals surface area (Å²) in [6, 6.07) is 17.7. The molecular weight excluding hydrogens is 399 g/mol. The van der Waals surface area contributed by atoms with Gasteiger partial charge in [0.05, 0.1) is 16.9 Å². The van der Waals surface area contributed by atoms with E-state index in [0.29, 0.717) is 17.9 Å². The second-order valence-corrected chi connectivity index (χ2v) is 7.73. The molecule has 0 saturated carbocycles. The van der Waals surface area contributed by atoms with E-state index < -0.39 is 0 Å². The number of carbonyl (C=O) groups excluding carboxylic acids is 1. The lowest BCUT2D eigenvalue weighted by molar-refractivity contribution is -0.115. The molecule has 4 rings (SSSR count). The second-order valence-electron chi connectivity index (χ2n) is 6.56. The van der Waals surface area contributed by atoms with Crippen molar-refractivity contribution >= 4 is 46.4 Å². The van der Waals surface area contributed by atoms with E-state index in [-0.39, 0.29) is 11.7 Å². The van der Waals surface area contributed by atoms with Crippen LogP contribution in [0.3, 0.4) is 0 Å². The summed E-state index contributed by atoms with van der Waals surface area (Å²) in [5.74, 6) is 0.106. The number of rotatable bonds is 7. The van der Waals surface area contributed by atoms with Crippen molar-refractivity contribution in [3.8, 4) is 0 Å². The van der Waals surface area contributed by atoms with Crippen molar-refractivity contribution in [1.82, 2.24) is 15.2 Å². The SMILES string of the molecule is O=C(CCSc1ccc2c(/C=C/c3ccccn3)n[nH]c2c1)Nc1cccc(F)c1. The van der Waals surface area contributed by atoms with Gasteiger partial charge in [0, 0.05) is 34.3 Å². The van der Waals surface area contributed by atoms with E-state index in [2.05, 4.69) is 20.5 Å². The molecule has 4 aromatic rings. The molecule has 0 aliphatic carbocycles. The van der Waals surface area contributed by atoms with Crippen LogP contribution in [0, 0.1) is 5.82 Å². The molecule has 0 aliphatic heterocycles. The van der Waals surface area contributed by atoms with E-state index in [1.54, 1.807) is 30.1 Å². The number of carbonyl (C=O) groups is 1. The molecule has 0 aliphatic rings. The van der Waals surface area contributed by atoms with Gasteiger partial charge in [-0.05, 0) is 60.7 Å². The van der Waals surface area contributed by atoms with Gasteiger partial charge in [0.1, 0.15) is 5.82 Å². The van der Waals surface area contributed by atoms with Crippen molar-refractivity contribution in [2.45, 2.75) is 11.3 Å². The largest absolute Gasteiger partial charge is 0.326 e. The third kappa shape index (κ3) is 5.12. The zero-order valence-electron chi connectivity index (χ0n) is 16.0. The molecule has 5 nitrogen and oxygen atoms in total. The van der Waals surface area contributed by atoms with E-state index in [1.165, 1.54) is 12.1 Å². The summed E-state index contributed by atoms with van der Waals surface area (Å²) in [5, 5.41) is 11.2. The molecule has 2 N–H and O–H groups in total. The van der Waals surface area contributed by atoms with Crippen LogP contribution in [-0.2, 0) is 4.79 Å². The summed E-state index contributed by atoms with van der Waals surface area (Å²) in [4.78, 5) is 17.4. The zero-order chi connectivity index (χ0) is 20.8. The standard InChI is InChI=1S/C23H19FN4OS/c24-16-4-3-6-18(14-16)26-23(29)11-13-30-19-8-9-20-21(27-28-22(20)15-19)10-7-17-5-1-2-12-25-17/h1-10,12,14-15H,11,13H2,(H,26,29)(H,27,28)/b10-7+. The number of aromatic nitrogens is 3. The Balaban J connectivity index is 1.34. The molecule has 2 heterocycles. The maximum absolute atomic E-state index is 13.2. The van der Waals surface area contributed by atoms with E-state index in [4.69, 9.17) is 0 Å². The van der Waals surface area contributed by atoms with Crippen LogP contribution >= 0.6 is 11.8 Å². The lowest BCUT2D eigenvalue weighted by Crippen LogP contribution is -2.12. The Morgan fingerprint density at radius 1 is 1.10 bits per heavy atom. The Morgan fingerprint density at radius 2 is 2.03 bits per heavy atom. The minimum Gasteiger partial charge on any atom is -0.326 e. The van der Waals surface area contributed by atoms with Gasteiger partial charge in [-0.15, -0.1) is 11.8 Å². The molecule has 0 atom stereocenters. The predicted molar refractivity (Wildman–Crippen MR) is 120 cm³/mol. The smallest absolute Gasteiger partial charge is 0.225 e. The van der Waals surface area contributed by atoms with Gasteiger partial charge in [0.25, 0.3) is 0 Å². The molecule has 150 valence electrons. The number of nitrogens with one attached hydrogen (secondary N) is 2. The molecule has 0 radical (unpaired) electrons. The summed E-state index contributed by atoms with van der Waals surface area (Å²) in [5.41, 5.74) is 3.12. The van der Waals surface area contributed by atoms with E-state index >= 15 is 0 Å². The van der Waals surface area contributed by atoms with E-state index in [0.717, 1.165) is 27.2 Å². The first-order valence-corrected chi connectivity index (χ1v) is 10.4. The molecule has 0 bridgehead atoms. The van der Waals surface area contributed by atoms with Gasteiger partial charge in [-0.2, -0.15) is 5.10 Å². The number of thioether (sulfide) groups is 1. The van der Waals surface area contributed by atoms with Gasteiger partial charge in [-0.1, -0.05) is 12.1 Å². The maximum Gasteiger partial charge on any atom is 0.225 e. The molecule has 0 saturated heterocycles. The fourth-order valence-corrected chi connectivity index (χ4v) is 3.82. The third-order valence-electron chi connectivity index (χ3n) is 4.37. The van der Waals surface area contributed by atoms with Gasteiger partial charge in [-0.25, -0.2) is 4.39 Å². The minimum atomic E-state index is -0.371. The van der Waals surface area contributed by atoms with E-state index in [9.17, 15) is 9.18 Å². The lowest BCUT2D eigenvalue weighted by Gasteiger charge is -2.05. The highest BCUT2D eigenvalue weighted by Gasteiger charge is 2.07. The minimum absolute atomic E-state index is 0.141. The number of benzene rings is 2. The summed E-state index contributed by atoms with van der Waals surface area (Å²) >= 11 is 1.59. The van der Waals surface area contributed by atoms with Gasteiger partial charge >= 0.3 is 0 Å². The van der Waals surface area contributed by atoms with Crippen molar-refractivity contribution in [3.63, 3.8) is 0 Å². The topological polar surface area (TPSA) is 70.7 Å². The van der Waals surface area contributed by atoms with Crippen LogP contribution < -0.4 is 5.32 Å². The Kier molecular flexibility index (Phi) is 6.20. The highest BCUT2D eigenvalue weighted by atomic mass is 32.2. The first kappa shape index (κ1) is 19.8. The number of halogens is 1. The van der Waals surface area contributed by atoms with Crippen LogP contribution in [0.15, 0.2) is 71.8 Å². The summed E-state index contributed by atoms with van der Waals surface area (Å²) in [7, 11) is 0. The molecule has 0 fully saturated rings. The molecule has 2 aromatic carbocycles. The number of amides is 1. The number of anilines is 1. The quantitative estimate of drug-likeness (QED) is 0.395. The highest BCUT2D eigenvalue weighted by molar-refractivity contribution is 7.99. The number of pyridine rings is 1. The molecule has 0 spiro atoms. The fraction of sp³-hybridized carbons (Fsp3) is 0.0870. The van der Waals surface area contributed by atoms with Gasteiger partial charge in [0.15, 0.2) is 0 Å². The molecule has 30 heavy (non-hydrogen) atoms. The van der Waals surface area contributed by atoms with Crippen molar-refractivity contribution in [1.29, 1.82) is 0 Å². The summed E-state index contributed by atoms with van der Waals surface area (Å²) in [6.45, 7) is 0. The Bertz CT molecular complexity index is 1190. The van der Waals surface area contributed by atoms with Crippen molar-refractivity contribution < 1.29 is 9.18 Å². The van der Waals surface area contributed by atoms with Crippen LogP contribution in [-0.4, -0.2) is 26.8 Å². The number of aromatic amines is 1. The van der Waals surface area contributed by atoms with Gasteiger partial charge < -0.3 is 5.32 Å². The molecule has 1 amide bonds. The van der Waals surface area contributed by atoms with Crippen LogP contribution in [0.25, 0.3) is 23.1 Å². The average molecular weight is 418 g/mol.